The van der Waals surface area contributed by atoms with E-state index in [1.165, 1.54) is 5.56 Å². The molecule has 2 N–H and O–H groups in total. The molecule has 0 radical (unpaired) electrons. The second-order valence-corrected chi connectivity index (χ2v) is 4.12. The smallest absolute Gasteiger partial charge is 0.325 e. The second-order valence-electron chi connectivity index (χ2n) is 4.12. The minimum atomic E-state index is -0.826. The lowest BCUT2D eigenvalue weighted by atomic mass is 9.96. The summed E-state index contributed by atoms with van der Waals surface area (Å²) < 4.78 is 0. The molecule has 1 unspecified atom stereocenters. The Bertz CT molecular complexity index is 399. The molecule has 0 aliphatic rings. The highest BCUT2D eigenvalue weighted by Crippen LogP contribution is 2.22. The molecule has 1 atom stereocenters. The monoisotopic (exact) mass is 221 g/mol. The van der Waals surface area contributed by atoms with Gasteiger partial charge >= 0.3 is 5.97 Å². The number of nitrogens with one attached hydrogen (secondary N) is 1. The lowest BCUT2D eigenvalue weighted by Gasteiger charge is -2.17. The summed E-state index contributed by atoms with van der Waals surface area (Å²) in [4.78, 5) is 11.2. The van der Waals surface area contributed by atoms with E-state index in [0.717, 1.165) is 16.7 Å². The van der Waals surface area contributed by atoms with E-state index in [1.807, 2.05) is 39.8 Å². The van der Waals surface area contributed by atoms with Gasteiger partial charge in [-0.25, -0.2) is 0 Å². The number of carbonyl (C=O) groups is 1. The number of aryl methyl sites for hydroxylation is 3. The van der Waals surface area contributed by atoms with Gasteiger partial charge in [-0.3, -0.25) is 4.79 Å². The van der Waals surface area contributed by atoms with Crippen molar-refractivity contribution in [1.82, 2.24) is 5.32 Å². The minimum Gasteiger partial charge on any atom is -0.480 e. The Hall–Kier alpha value is -1.35. The van der Waals surface area contributed by atoms with Gasteiger partial charge in [0.15, 0.2) is 0 Å². The van der Waals surface area contributed by atoms with Crippen molar-refractivity contribution in [2.75, 3.05) is 6.54 Å². The molecule has 0 bridgehead atoms. The maximum Gasteiger partial charge on any atom is 0.325 e. The van der Waals surface area contributed by atoms with Gasteiger partial charge in [0.05, 0.1) is 0 Å². The van der Waals surface area contributed by atoms with Crippen LogP contribution >= 0.6 is 0 Å². The van der Waals surface area contributed by atoms with Crippen molar-refractivity contribution in [3.8, 4) is 0 Å². The zero-order chi connectivity index (χ0) is 12.3. The van der Waals surface area contributed by atoms with Crippen LogP contribution in [0.4, 0.5) is 0 Å². The van der Waals surface area contributed by atoms with Gasteiger partial charge in [-0.2, -0.15) is 0 Å². The molecular formula is C13H19NO2. The summed E-state index contributed by atoms with van der Waals surface area (Å²) in [6.45, 7) is 8.54. The molecule has 0 amide bonds. The first-order valence-electron chi connectivity index (χ1n) is 5.51. The molecule has 16 heavy (non-hydrogen) atoms. The number of likely N-dealkylation sites (N-methyl/N-ethyl adjacent to an activating group) is 1. The molecule has 0 spiro atoms. The SMILES string of the molecule is CCNC(C(=O)O)c1cc(C)c(C)cc1C. The van der Waals surface area contributed by atoms with Crippen LogP contribution in [0.1, 0.15) is 35.2 Å². The van der Waals surface area contributed by atoms with Crippen LogP contribution in [-0.4, -0.2) is 17.6 Å². The highest BCUT2D eigenvalue weighted by molar-refractivity contribution is 5.76. The van der Waals surface area contributed by atoms with Crippen molar-refractivity contribution in [1.29, 1.82) is 0 Å². The quantitative estimate of drug-likeness (QED) is 0.820. The standard InChI is InChI=1S/C13H19NO2/c1-5-14-12(13(15)16)11-7-9(3)8(2)6-10(11)4/h6-7,12,14H,5H2,1-4H3,(H,15,16). The Morgan fingerprint density at radius 3 is 2.31 bits per heavy atom. The molecule has 0 aliphatic carbocycles. The van der Waals surface area contributed by atoms with E-state index >= 15 is 0 Å². The third-order valence-electron chi connectivity index (χ3n) is 2.85. The number of benzene rings is 1. The zero-order valence-corrected chi connectivity index (χ0v) is 10.3. The van der Waals surface area contributed by atoms with E-state index in [1.54, 1.807) is 0 Å². The van der Waals surface area contributed by atoms with Crippen LogP contribution in [0.15, 0.2) is 12.1 Å². The van der Waals surface area contributed by atoms with Gasteiger partial charge in [0.1, 0.15) is 6.04 Å². The molecule has 0 saturated heterocycles. The number of rotatable bonds is 4. The van der Waals surface area contributed by atoms with Crippen molar-refractivity contribution in [3.05, 3.63) is 34.4 Å². The van der Waals surface area contributed by atoms with Crippen LogP contribution in [0.2, 0.25) is 0 Å². The van der Waals surface area contributed by atoms with E-state index in [2.05, 4.69) is 5.32 Å². The normalized spacial score (nSPS) is 12.5. The van der Waals surface area contributed by atoms with Crippen molar-refractivity contribution in [3.63, 3.8) is 0 Å². The number of hydrogen-bond acceptors (Lipinski definition) is 2. The molecule has 0 aromatic heterocycles. The average Bonchev–Trinajstić information content (AvgIpc) is 2.20. The molecule has 3 heteroatoms. The molecule has 0 fully saturated rings. The Balaban J connectivity index is 3.18. The van der Waals surface area contributed by atoms with Gasteiger partial charge in [0.25, 0.3) is 0 Å². The number of aliphatic carboxylic acids is 1. The number of carboxylic acid groups (broad SMARTS) is 1. The van der Waals surface area contributed by atoms with Crippen LogP contribution in [-0.2, 0) is 4.79 Å². The predicted molar refractivity (Wildman–Crippen MR) is 64.7 cm³/mol. The molecule has 0 saturated carbocycles. The van der Waals surface area contributed by atoms with Gasteiger partial charge in [0, 0.05) is 0 Å². The van der Waals surface area contributed by atoms with Crippen molar-refractivity contribution < 1.29 is 9.90 Å². The van der Waals surface area contributed by atoms with Gasteiger partial charge < -0.3 is 10.4 Å². The molecular weight excluding hydrogens is 202 g/mol. The Morgan fingerprint density at radius 1 is 1.25 bits per heavy atom. The molecule has 0 heterocycles. The van der Waals surface area contributed by atoms with Gasteiger partial charge in [-0.1, -0.05) is 19.1 Å². The fraction of sp³-hybridized carbons (Fsp3) is 0.462. The van der Waals surface area contributed by atoms with Crippen LogP contribution in [0, 0.1) is 20.8 Å². The van der Waals surface area contributed by atoms with Crippen LogP contribution in [0.3, 0.4) is 0 Å². The Morgan fingerprint density at radius 2 is 1.81 bits per heavy atom. The third-order valence-corrected chi connectivity index (χ3v) is 2.85. The van der Waals surface area contributed by atoms with Crippen LogP contribution in [0.5, 0.6) is 0 Å². The topological polar surface area (TPSA) is 49.3 Å². The molecule has 88 valence electrons. The molecule has 3 nitrogen and oxygen atoms in total. The summed E-state index contributed by atoms with van der Waals surface area (Å²) in [7, 11) is 0. The lowest BCUT2D eigenvalue weighted by Crippen LogP contribution is -2.29. The molecule has 1 rings (SSSR count). The first kappa shape index (κ1) is 12.7. The Kier molecular flexibility index (Phi) is 4.07. The number of carboxylic acids is 1. The average molecular weight is 221 g/mol. The van der Waals surface area contributed by atoms with Crippen molar-refractivity contribution in [2.24, 2.45) is 0 Å². The highest BCUT2D eigenvalue weighted by Gasteiger charge is 2.20. The number of hydrogen-bond donors (Lipinski definition) is 2. The second kappa shape index (κ2) is 5.12. The predicted octanol–water partition coefficient (Wildman–Crippen LogP) is 2.35. The first-order chi connectivity index (χ1) is 7.47. The van der Waals surface area contributed by atoms with Crippen molar-refractivity contribution in [2.45, 2.75) is 33.7 Å². The molecule has 1 aromatic carbocycles. The summed E-state index contributed by atoms with van der Waals surface area (Å²) in [5.74, 6) is -0.826. The van der Waals surface area contributed by atoms with Crippen molar-refractivity contribution >= 4 is 5.97 Å². The zero-order valence-electron chi connectivity index (χ0n) is 10.3. The van der Waals surface area contributed by atoms with E-state index in [-0.39, 0.29) is 0 Å². The summed E-state index contributed by atoms with van der Waals surface area (Å²) in [5.41, 5.74) is 4.21. The van der Waals surface area contributed by atoms with Gasteiger partial charge in [0.2, 0.25) is 0 Å². The van der Waals surface area contributed by atoms with Crippen LogP contribution in [0.25, 0.3) is 0 Å². The summed E-state index contributed by atoms with van der Waals surface area (Å²) in [6.07, 6.45) is 0. The summed E-state index contributed by atoms with van der Waals surface area (Å²) in [5, 5.41) is 12.2. The van der Waals surface area contributed by atoms with E-state index in [0.29, 0.717) is 6.54 Å². The maximum absolute atomic E-state index is 11.2. The van der Waals surface area contributed by atoms with E-state index in [4.69, 9.17) is 0 Å². The largest absolute Gasteiger partial charge is 0.480 e. The maximum atomic E-state index is 11.2. The summed E-state index contributed by atoms with van der Waals surface area (Å²) in [6, 6.07) is 3.40. The van der Waals surface area contributed by atoms with Gasteiger partial charge in [-0.15, -0.1) is 0 Å². The fourth-order valence-corrected chi connectivity index (χ4v) is 1.83. The molecule has 0 aliphatic heterocycles. The van der Waals surface area contributed by atoms with E-state index in [9.17, 15) is 9.90 Å². The van der Waals surface area contributed by atoms with Gasteiger partial charge in [-0.05, 0) is 49.6 Å². The highest BCUT2D eigenvalue weighted by atomic mass is 16.4. The Labute approximate surface area is 96.5 Å². The first-order valence-corrected chi connectivity index (χ1v) is 5.51. The fourth-order valence-electron chi connectivity index (χ4n) is 1.83. The summed E-state index contributed by atoms with van der Waals surface area (Å²) >= 11 is 0. The molecule has 1 aromatic rings. The third kappa shape index (κ3) is 2.61. The van der Waals surface area contributed by atoms with E-state index < -0.39 is 12.0 Å². The lowest BCUT2D eigenvalue weighted by molar-refractivity contribution is -0.139. The van der Waals surface area contributed by atoms with Crippen LogP contribution < -0.4 is 5.32 Å². The minimum absolute atomic E-state index is 0.607.